The van der Waals surface area contributed by atoms with Crippen LogP contribution in [0.3, 0.4) is 0 Å². The Kier molecular flexibility index (Phi) is 6.47. The van der Waals surface area contributed by atoms with Gasteiger partial charge in [0.15, 0.2) is 0 Å². The molecule has 0 aromatic rings. The molecule has 1 heterocycles. The van der Waals surface area contributed by atoms with Gasteiger partial charge in [0.2, 0.25) is 5.91 Å². The van der Waals surface area contributed by atoms with Crippen LogP contribution in [0.25, 0.3) is 0 Å². The zero-order chi connectivity index (χ0) is 12.7. The highest BCUT2D eigenvalue weighted by Gasteiger charge is 2.25. The second-order valence-electron chi connectivity index (χ2n) is 5.02. The quantitative estimate of drug-likeness (QED) is 0.649. The van der Waals surface area contributed by atoms with Crippen LogP contribution in [-0.4, -0.2) is 69.1 Å². The molecule has 3 N–H and O–H groups in total. The molecular weight excluding hydrogens is 216 g/mol. The van der Waals surface area contributed by atoms with Crippen LogP contribution in [0.2, 0.25) is 0 Å². The maximum atomic E-state index is 11.8. The van der Waals surface area contributed by atoms with Crippen molar-refractivity contribution in [1.29, 1.82) is 0 Å². The molecule has 0 aromatic carbocycles. The van der Waals surface area contributed by atoms with Crippen molar-refractivity contribution in [3.8, 4) is 0 Å². The standard InChI is InChI=1S/C12H26N4O/c1-15(2)8-9-16-7-3-4-11(10-16)12(17)14-6-5-13/h11H,3-10,13H2,1-2H3,(H,14,17). The molecule has 0 aromatic heterocycles. The second kappa shape index (κ2) is 7.63. The van der Waals surface area contributed by atoms with Crippen molar-refractivity contribution in [2.75, 3.05) is 53.4 Å². The molecule has 1 amide bonds. The maximum absolute atomic E-state index is 11.8. The fraction of sp³-hybridized carbons (Fsp3) is 0.917. The summed E-state index contributed by atoms with van der Waals surface area (Å²) in [5.74, 6) is 0.322. The Morgan fingerprint density at radius 1 is 1.53 bits per heavy atom. The Hall–Kier alpha value is -0.650. The lowest BCUT2D eigenvalue weighted by molar-refractivity contribution is -0.126. The number of nitrogens with one attached hydrogen (secondary N) is 1. The van der Waals surface area contributed by atoms with Crippen LogP contribution < -0.4 is 11.1 Å². The van der Waals surface area contributed by atoms with Crippen LogP contribution >= 0.6 is 0 Å². The molecule has 5 heteroatoms. The normalized spacial score (nSPS) is 21.8. The molecule has 5 nitrogen and oxygen atoms in total. The third-order valence-electron chi connectivity index (χ3n) is 3.18. The summed E-state index contributed by atoms with van der Waals surface area (Å²) in [5, 5.41) is 2.89. The molecule has 1 atom stereocenters. The molecule has 1 aliphatic heterocycles. The van der Waals surface area contributed by atoms with Crippen molar-refractivity contribution >= 4 is 5.91 Å². The van der Waals surface area contributed by atoms with Gasteiger partial charge >= 0.3 is 0 Å². The van der Waals surface area contributed by atoms with Crippen molar-refractivity contribution in [2.24, 2.45) is 11.7 Å². The molecule has 0 aliphatic carbocycles. The lowest BCUT2D eigenvalue weighted by atomic mass is 9.97. The molecule has 1 unspecified atom stereocenters. The van der Waals surface area contributed by atoms with E-state index in [0.717, 1.165) is 39.0 Å². The first-order valence-electron chi connectivity index (χ1n) is 6.48. The van der Waals surface area contributed by atoms with Gasteiger partial charge in [-0.25, -0.2) is 0 Å². The first-order valence-corrected chi connectivity index (χ1v) is 6.48. The van der Waals surface area contributed by atoms with Crippen LogP contribution in [0.4, 0.5) is 0 Å². The Morgan fingerprint density at radius 3 is 2.94 bits per heavy atom. The van der Waals surface area contributed by atoms with Crippen LogP contribution in [0.15, 0.2) is 0 Å². The molecule has 1 aliphatic rings. The van der Waals surface area contributed by atoms with Crippen molar-refractivity contribution in [1.82, 2.24) is 15.1 Å². The van der Waals surface area contributed by atoms with Gasteiger partial charge in [0.05, 0.1) is 5.92 Å². The average Bonchev–Trinajstić information content (AvgIpc) is 2.33. The number of hydrogen-bond acceptors (Lipinski definition) is 4. The summed E-state index contributed by atoms with van der Waals surface area (Å²) in [6.45, 7) is 5.22. The van der Waals surface area contributed by atoms with Crippen molar-refractivity contribution in [2.45, 2.75) is 12.8 Å². The number of carbonyl (C=O) groups is 1. The summed E-state index contributed by atoms with van der Waals surface area (Å²) in [6, 6.07) is 0. The average molecular weight is 242 g/mol. The van der Waals surface area contributed by atoms with E-state index >= 15 is 0 Å². The van der Waals surface area contributed by atoms with Gasteiger partial charge in [-0.15, -0.1) is 0 Å². The van der Waals surface area contributed by atoms with Gasteiger partial charge in [0.25, 0.3) is 0 Å². The number of amides is 1. The third-order valence-corrected chi connectivity index (χ3v) is 3.18. The molecule has 0 radical (unpaired) electrons. The van der Waals surface area contributed by atoms with Crippen LogP contribution in [0, 0.1) is 5.92 Å². The Bertz CT molecular complexity index is 233. The number of likely N-dealkylation sites (tertiary alicyclic amines) is 1. The Labute approximate surface area is 104 Å². The maximum Gasteiger partial charge on any atom is 0.224 e. The first-order chi connectivity index (χ1) is 8.13. The van der Waals surface area contributed by atoms with E-state index in [1.165, 1.54) is 0 Å². The summed E-state index contributed by atoms with van der Waals surface area (Å²) in [4.78, 5) is 16.4. The van der Waals surface area contributed by atoms with Gasteiger partial charge in [-0.3, -0.25) is 4.79 Å². The Balaban J connectivity index is 2.30. The summed E-state index contributed by atoms with van der Waals surface area (Å²) < 4.78 is 0. The number of likely N-dealkylation sites (N-methyl/N-ethyl adjacent to an activating group) is 1. The molecule has 1 fully saturated rings. The van der Waals surface area contributed by atoms with Gasteiger partial charge in [0.1, 0.15) is 0 Å². The molecule has 0 saturated carbocycles. The summed E-state index contributed by atoms with van der Waals surface area (Å²) in [6.07, 6.45) is 2.13. The molecule has 0 spiro atoms. The van der Waals surface area contributed by atoms with Crippen LogP contribution in [-0.2, 0) is 4.79 Å². The summed E-state index contributed by atoms with van der Waals surface area (Å²) in [5.41, 5.74) is 5.38. The van der Waals surface area contributed by atoms with Crippen LogP contribution in [0.5, 0.6) is 0 Å². The number of rotatable bonds is 6. The number of piperidine rings is 1. The number of carbonyl (C=O) groups excluding carboxylic acids is 1. The highest BCUT2D eigenvalue weighted by molar-refractivity contribution is 5.78. The second-order valence-corrected chi connectivity index (χ2v) is 5.02. The van der Waals surface area contributed by atoms with Gasteiger partial charge in [-0.2, -0.15) is 0 Å². The lowest BCUT2D eigenvalue weighted by Crippen LogP contribution is -2.45. The van der Waals surface area contributed by atoms with Crippen molar-refractivity contribution in [3.63, 3.8) is 0 Å². The molecule has 100 valence electrons. The largest absolute Gasteiger partial charge is 0.355 e. The minimum atomic E-state index is 0.150. The van der Waals surface area contributed by atoms with E-state index in [1.54, 1.807) is 0 Å². The van der Waals surface area contributed by atoms with E-state index < -0.39 is 0 Å². The van der Waals surface area contributed by atoms with Crippen molar-refractivity contribution in [3.05, 3.63) is 0 Å². The minimum Gasteiger partial charge on any atom is -0.355 e. The summed E-state index contributed by atoms with van der Waals surface area (Å²) >= 11 is 0. The predicted molar refractivity (Wildman–Crippen MR) is 69.8 cm³/mol. The number of nitrogens with two attached hydrogens (primary N) is 1. The van der Waals surface area contributed by atoms with E-state index in [9.17, 15) is 4.79 Å². The Morgan fingerprint density at radius 2 is 2.29 bits per heavy atom. The van der Waals surface area contributed by atoms with Gasteiger partial charge < -0.3 is 20.9 Å². The zero-order valence-electron chi connectivity index (χ0n) is 11.1. The predicted octanol–water partition coefficient (Wildman–Crippen LogP) is -0.665. The monoisotopic (exact) mass is 242 g/mol. The lowest BCUT2D eigenvalue weighted by Gasteiger charge is -2.32. The van der Waals surface area contributed by atoms with Gasteiger partial charge in [0, 0.05) is 32.7 Å². The number of nitrogens with zero attached hydrogens (tertiary/aromatic N) is 2. The number of hydrogen-bond donors (Lipinski definition) is 2. The highest BCUT2D eigenvalue weighted by atomic mass is 16.1. The molecule has 1 rings (SSSR count). The van der Waals surface area contributed by atoms with E-state index in [0.29, 0.717) is 13.1 Å². The first kappa shape index (κ1) is 14.4. The van der Waals surface area contributed by atoms with E-state index in [1.807, 2.05) is 0 Å². The summed E-state index contributed by atoms with van der Waals surface area (Å²) in [7, 11) is 4.16. The topological polar surface area (TPSA) is 61.6 Å². The van der Waals surface area contributed by atoms with Crippen LogP contribution in [0.1, 0.15) is 12.8 Å². The fourth-order valence-electron chi connectivity index (χ4n) is 2.15. The van der Waals surface area contributed by atoms with Gasteiger partial charge in [-0.1, -0.05) is 0 Å². The van der Waals surface area contributed by atoms with E-state index in [2.05, 4.69) is 29.2 Å². The SMILES string of the molecule is CN(C)CCN1CCCC(C(=O)NCCN)C1. The molecular formula is C12H26N4O. The smallest absolute Gasteiger partial charge is 0.224 e. The molecule has 17 heavy (non-hydrogen) atoms. The fourth-order valence-corrected chi connectivity index (χ4v) is 2.15. The van der Waals surface area contributed by atoms with Crippen molar-refractivity contribution < 1.29 is 4.79 Å². The minimum absolute atomic E-state index is 0.150. The zero-order valence-corrected chi connectivity index (χ0v) is 11.1. The van der Waals surface area contributed by atoms with Gasteiger partial charge in [-0.05, 0) is 33.5 Å². The highest BCUT2D eigenvalue weighted by Crippen LogP contribution is 2.16. The van der Waals surface area contributed by atoms with E-state index in [-0.39, 0.29) is 11.8 Å². The third kappa shape index (κ3) is 5.48. The molecule has 0 bridgehead atoms. The molecule has 1 saturated heterocycles. The van der Waals surface area contributed by atoms with E-state index in [4.69, 9.17) is 5.73 Å².